The first-order valence-electron chi connectivity index (χ1n) is 7.03. The number of carbonyl (C=O) groups excluding carboxylic acids is 1. The van der Waals surface area contributed by atoms with Crippen molar-refractivity contribution in [1.82, 2.24) is 10.2 Å². The van der Waals surface area contributed by atoms with Crippen LogP contribution in [0.5, 0.6) is 5.75 Å². The number of amides is 1. The number of likely N-dealkylation sites (N-methyl/N-ethyl adjacent to an activating group) is 1. The molecule has 0 aromatic heterocycles. The number of nitrogens with one attached hydrogen (secondary N) is 1. The van der Waals surface area contributed by atoms with Crippen molar-refractivity contribution in [3.05, 3.63) is 29.3 Å². The SMILES string of the molecule is CNC(C)c1cc(C)ccc1OCC(=O)N(C)C(C)C. The van der Waals surface area contributed by atoms with E-state index in [1.807, 2.05) is 40.0 Å². The molecule has 20 heavy (non-hydrogen) atoms. The van der Waals surface area contributed by atoms with E-state index in [0.29, 0.717) is 0 Å². The van der Waals surface area contributed by atoms with Gasteiger partial charge in [-0.3, -0.25) is 4.79 Å². The second kappa shape index (κ2) is 7.29. The number of benzene rings is 1. The van der Waals surface area contributed by atoms with Crippen LogP contribution in [0.25, 0.3) is 0 Å². The third-order valence-electron chi connectivity index (χ3n) is 3.58. The van der Waals surface area contributed by atoms with Crippen molar-refractivity contribution in [2.24, 2.45) is 0 Å². The molecule has 0 saturated carbocycles. The summed E-state index contributed by atoms with van der Waals surface area (Å²) >= 11 is 0. The highest BCUT2D eigenvalue weighted by Crippen LogP contribution is 2.26. The van der Waals surface area contributed by atoms with Crippen molar-refractivity contribution in [2.75, 3.05) is 20.7 Å². The van der Waals surface area contributed by atoms with Crippen molar-refractivity contribution in [3.63, 3.8) is 0 Å². The third-order valence-corrected chi connectivity index (χ3v) is 3.58. The zero-order valence-corrected chi connectivity index (χ0v) is 13.4. The van der Waals surface area contributed by atoms with Gasteiger partial charge >= 0.3 is 0 Å². The molecule has 1 aromatic carbocycles. The lowest BCUT2D eigenvalue weighted by molar-refractivity contribution is -0.133. The van der Waals surface area contributed by atoms with E-state index in [0.717, 1.165) is 11.3 Å². The summed E-state index contributed by atoms with van der Waals surface area (Å²) in [6, 6.07) is 6.38. The summed E-state index contributed by atoms with van der Waals surface area (Å²) in [5, 5.41) is 3.20. The minimum Gasteiger partial charge on any atom is -0.483 e. The van der Waals surface area contributed by atoms with Crippen molar-refractivity contribution < 1.29 is 9.53 Å². The molecule has 0 radical (unpaired) electrons. The van der Waals surface area contributed by atoms with E-state index in [4.69, 9.17) is 4.74 Å². The van der Waals surface area contributed by atoms with Gasteiger partial charge in [-0.05, 0) is 40.8 Å². The lowest BCUT2D eigenvalue weighted by Crippen LogP contribution is -2.36. The zero-order valence-electron chi connectivity index (χ0n) is 13.4. The van der Waals surface area contributed by atoms with Gasteiger partial charge in [0.25, 0.3) is 5.91 Å². The average Bonchev–Trinajstić information content (AvgIpc) is 2.43. The Hall–Kier alpha value is -1.55. The highest BCUT2D eigenvalue weighted by molar-refractivity contribution is 5.77. The molecule has 0 aliphatic rings. The molecule has 1 rings (SSSR count). The van der Waals surface area contributed by atoms with Gasteiger partial charge in [0.05, 0.1) is 0 Å². The molecule has 1 unspecified atom stereocenters. The third kappa shape index (κ3) is 4.23. The Morgan fingerprint density at radius 1 is 1.35 bits per heavy atom. The average molecular weight is 278 g/mol. The summed E-state index contributed by atoms with van der Waals surface area (Å²) in [5.74, 6) is 0.756. The summed E-state index contributed by atoms with van der Waals surface area (Å²) in [4.78, 5) is 13.7. The van der Waals surface area contributed by atoms with Crippen LogP contribution in [0.1, 0.15) is 37.9 Å². The summed E-state index contributed by atoms with van der Waals surface area (Å²) in [6.07, 6.45) is 0. The summed E-state index contributed by atoms with van der Waals surface area (Å²) in [5.41, 5.74) is 2.26. The first-order chi connectivity index (χ1) is 9.36. The van der Waals surface area contributed by atoms with Gasteiger partial charge in [-0.1, -0.05) is 17.7 Å². The molecule has 4 nitrogen and oxygen atoms in total. The molecule has 0 aliphatic carbocycles. The summed E-state index contributed by atoms with van der Waals surface area (Å²) in [6.45, 7) is 8.16. The van der Waals surface area contributed by atoms with Gasteiger partial charge in [-0.15, -0.1) is 0 Å². The fourth-order valence-corrected chi connectivity index (χ4v) is 1.82. The maximum atomic E-state index is 12.0. The molecule has 0 aliphatic heterocycles. The molecule has 0 heterocycles. The van der Waals surface area contributed by atoms with Gasteiger partial charge < -0.3 is 15.0 Å². The highest BCUT2D eigenvalue weighted by atomic mass is 16.5. The Kier molecular flexibility index (Phi) is 6.02. The van der Waals surface area contributed by atoms with E-state index in [1.165, 1.54) is 5.56 Å². The minimum atomic E-state index is -0.0105. The molecule has 4 heteroatoms. The maximum absolute atomic E-state index is 12.0. The van der Waals surface area contributed by atoms with E-state index in [1.54, 1.807) is 11.9 Å². The number of ether oxygens (including phenoxy) is 1. The van der Waals surface area contributed by atoms with Gasteiger partial charge in [0.2, 0.25) is 0 Å². The normalized spacial score (nSPS) is 12.3. The minimum absolute atomic E-state index is 0.0105. The molecule has 0 saturated heterocycles. The Bertz CT molecular complexity index is 458. The molecule has 1 atom stereocenters. The van der Waals surface area contributed by atoms with E-state index < -0.39 is 0 Å². The van der Waals surface area contributed by atoms with Crippen LogP contribution in [0, 0.1) is 6.92 Å². The summed E-state index contributed by atoms with van der Waals surface area (Å²) < 4.78 is 5.72. The Morgan fingerprint density at radius 3 is 2.55 bits per heavy atom. The molecular weight excluding hydrogens is 252 g/mol. The Balaban J connectivity index is 2.80. The van der Waals surface area contributed by atoms with Crippen LogP contribution in [0.4, 0.5) is 0 Å². The van der Waals surface area contributed by atoms with Crippen LogP contribution >= 0.6 is 0 Å². The van der Waals surface area contributed by atoms with Crippen LogP contribution in [-0.2, 0) is 4.79 Å². The maximum Gasteiger partial charge on any atom is 0.260 e. The highest BCUT2D eigenvalue weighted by Gasteiger charge is 2.15. The van der Waals surface area contributed by atoms with Gasteiger partial charge in [0.1, 0.15) is 5.75 Å². The van der Waals surface area contributed by atoms with Crippen LogP contribution in [0.2, 0.25) is 0 Å². The van der Waals surface area contributed by atoms with Gasteiger partial charge in [0.15, 0.2) is 6.61 Å². The van der Waals surface area contributed by atoms with Gasteiger partial charge in [-0.2, -0.15) is 0 Å². The number of hydrogen-bond donors (Lipinski definition) is 1. The standard InChI is InChI=1S/C16H26N2O2/c1-11(2)18(6)16(19)10-20-15-8-7-12(3)9-14(15)13(4)17-5/h7-9,11,13,17H,10H2,1-6H3. The topological polar surface area (TPSA) is 41.6 Å². The second-order valence-corrected chi connectivity index (χ2v) is 5.44. The van der Waals surface area contributed by atoms with Gasteiger partial charge in [-0.25, -0.2) is 0 Å². The monoisotopic (exact) mass is 278 g/mol. The van der Waals surface area contributed by atoms with Crippen LogP contribution in [0.15, 0.2) is 18.2 Å². The van der Waals surface area contributed by atoms with Crippen molar-refractivity contribution in [2.45, 2.75) is 39.8 Å². The second-order valence-electron chi connectivity index (χ2n) is 5.44. The molecule has 1 aromatic rings. The van der Waals surface area contributed by atoms with E-state index in [2.05, 4.69) is 18.3 Å². The molecular formula is C16H26N2O2. The predicted octanol–water partition coefficient (Wildman–Crippen LogP) is 2.52. The van der Waals surface area contributed by atoms with E-state index in [9.17, 15) is 4.79 Å². The van der Waals surface area contributed by atoms with Crippen molar-refractivity contribution >= 4 is 5.91 Å². The number of hydrogen-bond acceptors (Lipinski definition) is 3. The van der Waals surface area contributed by atoms with Gasteiger partial charge in [0, 0.05) is 24.7 Å². The first-order valence-corrected chi connectivity index (χ1v) is 7.03. The fourth-order valence-electron chi connectivity index (χ4n) is 1.82. The lowest BCUT2D eigenvalue weighted by Gasteiger charge is -2.22. The summed E-state index contributed by atoms with van der Waals surface area (Å²) in [7, 11) is 3.71. The molecule has 0 spiro atoms. The molecule has 1 amide bonds. The Labute approximate surface area is 122 Å². The van der Waals surface area contributed by atoms with Crippen LogP contribution < -0.4 is 10.1 Å². The van der Waals surface area contributed by atoms with E-state index >= 15 is 0 Å². The molecule has 0 fully saturated rings. The zero-order chi connectivity index (χ0) is 15.3. The number of aryl methyl sites for hydroxylation is 1. The number of carbonyl (C=O) groups is 1. The van der Waals surface area contributed by atoms with E-state index in [-0.39, 0.29) is 24.6 Å². The lowest BCUT2D eigenvalue weighted by atomic mass is 10.0. The largest absolute Gasteiger partial charge is 0.483 e. The number of nitrogens with zero attached hydrogens (tertiary/aromatic N) is 1. The predicted molar refractivity (Wildman–Crippen MR) is 82.1 cm³/mol. The number of rotatable bonds is 6. The van der Waals surface area contributed by atoms with Crippen LogP contribution in [-0.4, -0.2) is 37.6 Å². The smallest absolute Gasteiger partial charge is 0.260 e. The molecule has 112 valence electrons. The molecule has 0 bridgehead atoms. The first kappa shape index (κ1) is 16.5. The van der Waals surface area contributed by atoms with Crippen molar-refractivity contribution in [3.8, 4) is 5.75 Å². The fraction of sp³-hybridized carbons (Fsp3) is 0.562. The molecule has 1 N–H and O–H groups in total. The van der Waals surface area contributed by atoms with Crippen molar-refractivity contribution in [1.29, 1.82) is 0 Å². The van der Waals surface area contributed by atoms with Crippen LogP contribution in [0.3, 0.4) is 0 Å². The quantitative estimate of drug-likeness (QED) is 0.869. The Morgan fingerprint density at radius 2 is 2.00 bits per heavy atom.